The Bertz CT molecular complexity index is 1040. The zero-order valence-corrected chi connectivity index (χ0v) is 15.7. The SMILES string of the molecule is N#Cc1cccc(NC(=O)c2cccc(S(=O)(=O)N3CCN(C=O)CC3)c2)c1. The fourth-order valence-electron chi connectivity index (χ4n) is 2.87. The van der Waals surface area contributed by atoms with E-state index in [9.17, 15) is 18.0 Å². The minimum Gasteiger partial charge on any atom is -0.343 e. The maximum Gasteiger partial charge on any atom is 0.255 e. The van der Waals surface area contributed by atoms with Gasteiger partial charge in [0, 0.05) is 37.4 Å². The first-order chi connectivity index (χ1) is 13.4. The molecule has 2 aromatic carbocycles. The van der Waals surface area contributed by atoms with Gasteiger partial charge in [-0.25, -0.2) is 8.42 Å². The Morgan fingerprint density at radius 3 is 2.46 bits per heavy atom. The highest BCUT2D eigenvalue weighted by molar-refractivity contribution is 7.89. The second kappa shape index (κ2) is 8.21. The van der Waals surface area contributed by atoms with Crippen molar-refractivity contribution in [1.29, 1.82) is 5.26 Å². The number of piperazine rings is 1. The van der Waals surface area contributed by atoms with Gasteiger partial charge in [-0.1, -0.05) is 12.1 Å². The van der Waals surface area contributed by atoms with Crippen LogP contribution in [0.4, 0.5) is 5.69 Å². The van der Waals surface area contributed by atoms with Gasteiger partial charge in [-0.3, -0.25) is 9.59 Å². The van der Waals surface area contributed by atoms with Crippen molar-refractivity contribution in [3.8, 4) is 6.07 Å². The second-order valence-corrected chi connectivity index (χ2v) is 8.16. The second-order valence-electron chi connectivity index (χ2n) is 6.22. The Labute approximate surface area is 163 Å². The summed E-state index contributed by atoms with van der Waals surface area (Å²) in [5.74, 6) is -0.474. The van der Waals surface area contributed by atoms with Crippen molar-refractivity contribution < 1.29 is 18.0 Å². The number of carbonyl (C=O) groups excluding carboxylic acids is 2. The molecule has 0 aliphatic carbocycles. The van der Waals surface area contributed by atoms with Crippen molar-refractivity contribution >= 4 is 28.0 Å². The summed E-state index contributed by atoms with van der Waals surface area (Å²) in [6.45, 7) is 1.08. The van der Waals surface area contributed by atoms with Crippen LogP contribution >= 0.6 is 0 Å². The highest BCUT2D eigenvalue weighted by atomic mass is 32.2. The van der Waals surface area contributed by atoms with Crippen molar-refractivity contribution in [2.45, 2.75) is 4.90 Å². The topological polar surface area (TPSA) is 111 Å². The lowest BCUT2D eigenvalue weighted by molar-refractivity contribution is -0.119. The molecule has 0 spiro atoms. The summed E-state index contributed by atoms with van der Waals surface area (Å²) in [7, 11) is -3.77. The molecule has 8 nitrogen and oxygen atoms in total. The summed E-state index contributed by atoms with van der Waals surface area (Å²) in [6.07, 6.45) is 0.705. The van der Waals surface area contributed by atoms with E-state index < -0.39 is 15.9 Å². The van der Waals surface area contributed by atoms with Crippen LogP contribution in [0.25, 0.3) is 0 Å². The highest BCUT2D eigenvalue weighted by Gasteiger charge is 2.28. The molecule has 144 valence electrons. The molecular formula is C19H18N4O4S. The van der Waals surface area contributed by atoms with E-state index in [4.69, 9.17) is 5.26 Å². The third kappa shape index (κ3) is 4.19. The average Bonchev–Trinajstić information content (AvgIpc) is 2.74. The van der Waals surface area contributed by atoms with E-state index >= 15 is 0 Å². The minimum atomic E-state index is -3.77. The van der Waals surface area contributed by atoms with Crippen LogP contribution in [-0.4, -0.2) is 56.1 Å². The molecular weight excluding hydrogens is 380 g/mol. The summed E-state index contributed by atoms with van der Waals surface area (Å²) in [4.78, 5) is 24.8. The quantitative estimate of drug-likeness (QED) is 0.763. The normalized spacial score (nSPS) is 14.9. The van der Waals surface area contributed by atoms with Crippen LogP contribution in [-0.2, 0) is 14.8 Å². The highest BCUT2D eigenvalue weighted by Crippen LogP contribution is 2.20. The number of nitrogens with zero attached hydrogens (tertiary/aromatic N) is 3. The fraction of sp³-hybridized carbons (Fsp3) is 0.211. The Kier molecular flexibility index (Phi) is 5.73. The lowest BCUT2D eigenvalue weighted by Gasteiger charge is -2.31. The van der Waals surface area contributed by atoms with Crippen LogP contribution in [0.5, 0.6) is 0 Å². The van der Waals surface area contributed by atoms with E-state index in [1.165, 1.54) is 39.5 Å². The van der Waals surface area contributed by atoms with Crippen molar-refractivity contribution in [3.63, 3.8) is 0 Å². The molecule has 0 atom stereocenters. The molecule has 1 saturated heterocycles. The van der Waals surface area contributed by atoms with Gasteiger partial charge in [0.2, 0.25) is 16.4 Å². The number of benzene rings is 2. The van der Waals surface area contributed by atoms with Crippen LogP contribution in [0.1, 0.15) is 15.9 Å². The third-order valence-corrected chi connectivity index (χ3v) is 6.30. The molecule has 1 heterocycles. The van der Waals surface area contributed by atoms with Crippen LogP contribution in [0.2, 0.25) is 0 Å². The van der Waals surface area contributed by atoms with Crippen LogP contribution in [0.3, 0.4) is 0 Å². The predicted molar refractivity (Wildman–Crippen MR) is 102 cm³/mol. The van der Waals surface area contributed by atoms with Gasteiger partial charge in [0.1, 0.15) is 0 Å². The van der Waals surface area contributed by atoms with Crippen LogP contribution in [0, 0.1) is 11.3 Å². The largest absolute Gasteiger partial charge is 0.343 e. The van der Waals surface area contributed by atoms with E-state index in [0.29, 0.717) is 30.8 Å². The van der Waals surface area contributed by atoms with Gasteiger partial charge in [0.05, 0.1) is 16.5 Å². The van der Waals surface area contributed by atoms with Gasteiger partial charge in [-0.2, -0.15) is 9.57 Å². The van der Waals surface area contributed by atoms with Gasteiger partial charge >= 0.3 is 0 Å². The molecule has 0 aromatic heterocycles. The molecule has 28 heavy (non-hydrogen) atoms. The standard InChI is InChI=1S/C19H18N4O4S/c20-13-15-3-1-5-17(11-15)21-19(25)16-4-2-6-18(12-16)28(26,27)23-9-7-22(14-24)8-10-23/h1-6,11-12,14H,7-10H2,(H,21,25). The smallest absolute Gasteiger partial charge is 0.255 e. The third-order valence-electron chi connectivity index (χ3n) is 4.41. The first-order valence-electron chi connectivity index (χ1n) is 8.55. The minimum absolute atomic E-state index is 0.0190. The van der Waals surface area contributed by atoms with Gasteiger partial charge in [-0.15, -0.1) is 0 Å². The predicted octanol–water partition coefficient (Wildman–Crippen LogP) is 1.27. The van der Waals surface area contributed by atoms with Crippen molar-refractivity contribution in [2.75, 3.05) is 31.5 Å². The number of rotatable bonds is 5. The zero-order chi connectivity index (χ0) is 20.1. The molecule has 1 fully saturated rings. The Morgan fingerprint density at radius 2 is 1.79 bits per heavy atom. The molecule has 1 aliphatic rings. The summed E-state index contributed by atoms with van der Waals surface area (Å²) < 4.78 is 27.0. The van der Waals surface area contributed by atoms with Gasteiger partial charge < -0.3 is 10.2 Å². The van der Waals surface area contributed by atoms with Crippen LogP contribution in [0.15, 0.2) is 53.4 Å². The number of carbonyl (C=O) groups is 2. The average molecular weight is 398 g/mol. The first-order valence-corrected chi connectivity index (χ1v) is 9.99. The van der Waals surface area contributed by atoms with E-state index in [-0.39, 0.29) is 23.5 Å². The molecule has 1 aliphatic heterocycles. The maximum absolute atomic E-state index is 12.9. The number of nitriles is 1. The van der Waals surface area contributed by atoms with Crippen molar-refractivity contribution in [1.82, 2.24) is 9.21 Å². The molecule has 0 radical (unpaired) electrons. The molecule has 3 rings (SSSR count). The first kappa shape index (κ1) is 19.5. The number of amides is 2. The van der Waals surface area contributed by atoms with E-state index in [0.717, 1.165) is 0 Å². The van der Waals surface area contributed by atoms with Crippen LogP contribution < -0.4 is 5.32 Å². The molecule has 0 saturated carbocycles. The Hall–Kier alpha value is -3.22. The fourth-order valence-corrected chi connectivity index (χ4v) is 4.33. The molecule has 9 heteroatoms. The summed E-state index contributed by atoms with van der Waals surface area (Å²) in [5, 5.41) is 11.6. The van der Waals surface area contributed by atoms with Crippen molar-refractivity contribution in [3.05, 3.63) is 59.7 Å². The number of hydrogen-bond acceptors (Lipinski definition) is 5. The van der Waals surface area contributed by atoms with E-state index in [1.54, 1.807) is 18.2 Å². The summed E-state index contributed by atoms with van der Waals surface area (Å²) in [6, 6.07) is 14.2. The van der Waals surface area contributed by atoms with E-state index in [1.807, 2.05) is 6.07 Å². The van der Waals surface area contributed by atoms with Gasteiger partial charge in [0.25, 0.3) is 5.91 Å². The number of anilines is 1. The Balaban J connectivity index is 1.78. The number of nitrogens with one attached hydrogen (secondary N) is 1. The summed E-state index contributed by atoms with van der Waals surface area (Å²) in [5.41, 5.74) is 1.04. The molecule has 1 N–H and O–H groups in total. The Morgan fingerprint density at radius 1 is 1.07 bits per heavy atom. The lowest BCUT2D eigenvalue weighted by atomic mass is 10.2. The van der Waals surface area contributed by atoms with Gasteiger partial charge in [-0.05, 0) is 36.4 Å². The number of sulfonamides is 1. The molecule has 0 bridgehead atoms. The molecule has 0 unspecified atom stereocenters. The van der Waals surface area contributed by atoms with E-state index in [2.05, 4.69) is 5.32 Å². The molecule has 2 amide bonds. The summed E-state index contributed by atoms with van der Waals surface area (Å²) >= 11 is 0. The molecule has 2 aromatic rings. The number of hydrogen-bond donors (Lipinski definition) is 1. The zero-order valence-electron chi connectivity index (χ0n) is 14.9. The maximum atomic E-state index is 12.9. The van der Waals surface area contributed by atoms with Gasteiger partial charge in [0.15, 0.2) is 0 Å². The monoisotopic (exact) mass is 398 g/mol. The van der Waals surface area contributed by atoms with Crippen molar-refractivity contribution in [2.24, 2.45) is 0 Å². The lowest BCUT2D eigenvalue weighted by Crippen LogP contribution is -2.47.